The summed E-state index contributed by atoms with van der Waals surface area (Å²) in [7, 11) is 0. The van der Waals surface area contributed by atoms with Crippen molar-refractivity contribution >= 4 is 12.0 Å². The van der Waals surface area contributed by atoms with Gasteiger partial charge >= 0.3 is 12.0 Å². The van der Waals surface area contributed by atoms with Crippen LogP contribution in [0.1, 0.15) is 39.0 Å². The summed E-state index contributed by atoms with van der Waals surface area (Å²) in [6.45, 7) is 3.36. The molecular formula is C16H24N2O4. The van der Waals surface area contributed by atoms with Crippen molar-refractivity contribution in [2.24, 2.45) is 16.7 Å². The third-order valence-corrected chi connectivity index (χ3v) is 6.59. The highest BCUT2D eigenvalue weighted by Crippen LogP contribution is 2.62. The molecule has 1 spiro atoms. The maximum absolute atomic E-state index is 12.6. The van der Waals surface area contributed by atoms with E-state index >= 15 is 0 Å². The summed E-state index contributed by atoms with van der Waals surface area (Å²) in [6.07, 6.45) is 5.41. The van der Waals surface area contributed by atoms with Gasteiger partial charge in [-0.1, -0.05) is 6.42 Å². The number of nitrogens with one attached hydrogen (secondary N) is 1. The molecule has 2 aliphatic carbocycles. The van der Waals surface area contributed by atoms with Crippen molar-refractivity contribution < 1.29 is 19.4 Å². The Kier molecular flexibility index (Phi) is 2.99. The van der Waals surface area contributed by atoms with Gasteiger partial charge in [0.2, 0.25) is 0 Å². The molecule has 2 amide bonds. The number of nitrogens with zero attached hydrogens (tertiary/aromatic N) is 1. The Hall–Kier alpha value is -1.30. The van der Waals surface area contributed by atoms with Gasteiger partial charge in [0.15, 0.2) is 0 Å². The third-order valence-electron chi connectivity index (χ3n) is 6.59. The zero-order valence-corrected chi connectivity index (χ0v) is 13.0. The molecule has 0 radical (unpaired) electrons. The third kappa shape index (κ3) is 1.76. The van der Waals surface area contributed by atoms with Gasteiger partial charge in [-0.3, -0.25) is 4.79 Å². The van der Waals surface area contributed by atoms with Crippen molar-refractivity contribution in [2.75, 3.05) is 19.7 Å². The van der Waals surface area contributed by atoms with E-state index in [0.29, 0.717) is 31.5 Å². The molecule has 2 saturated heterocycles. The number of ether oxygens (including phenoxy) is 1. The summed E-state index contributed by atoms with van der Waals surface area (Å²) < 4.78 is 5.87. The van der Waals surface area contributed by atoms with Crippen LogP contribution in [-0.2, 0) is 9.53 Å². The molecule has 122 valence electrons. The molecule has 0 aromatic rings. The minimum absolute atomic E-state index is 0.0911. The lowest BCUT2D eigenvalue weighted by Gasteiger charge is -2.63. The number of carbonyl (C=O) groups excluding carboxylic acids is 1. The van der Waals surface area contributed by atoms with Gasteiger partial charge in [-0.2, -0.15) is 0 Å². The number of aliphatic carboxylic acids is 1. The first-order chi connectivity index (χ1) is 10.5. The Morgan fingerprint density at radius 2 is 2.09 bits per heavy atom. The van der Waals surface area contributed by atoms with E-state index in [-0.39, 0.29) is 17.5 Å². The quantitative estimate of drug-likeness (QED) is 0.809. The minimum atomic E-state index is -0.814. The highest BCUT2D eigenvalue weighted by Gasteiger charge is 2.67. The number of amides is 2. The van der Waals surface area contributed by atoms with Crippen LogP contribution in [0.25, 0.3) is 0 Å². The second-order valence-electron chi connectivity index (χ2n) is 7.80. The van der Waals surface area contributed by atoms with Crippen LogP contribution < -0.4 is 5.32 Å². The second-order valence-corrected chi connectivity index (χ2v) is 7.80. The Balaban J connectivity index is 1.42. The molecule has 2 aliphatic heterocycles. The second kappa shape index (κ2) is 4.60. The predicted molar refractivity (Wildman–Crippen MR) is 78.4 cm³/mol. The zero-order valence-electron chi connectivity index (χ0n) is 13.0. The van der Waals surface area contributed by atoms with Gasteiger partial charge in [-0.15, -0.1) is 0 Å². The summed E-state index contributed by atoms with van der Waals surface area (Å²) in [4.78, 5) is 25.5. The Morgan fingerprint density at radius 3 is 2.68 bits per heavy atom. The topological polar surface area (TPSA) is 78.9 Å². The van der Waals surface area contributed by atoms with Crippen LogP contribution >= 0.6 is 0 Å². The monoisotopic (exact) mass is 308 g/mol. The molecule has 6 nitrogen and oxygen atoms in total. The summed E-state index contributed by atoms with van der Waals surface area (Å²) in [6, 6.07) is 0.129. The van der Waals surface area contributed by atoms with Crippen LogP contribution in [0.5, 0.6) is 0 Å². The SMILES string of the molecule is CC1(C(=O)O)CCN(C(=O)NC2C3CCOC3C23CCC3)C1. The fourth-order valence-corrected chi connectivity index (χ4v) is 4.99. The number of carboxylic acid groups (broad SMARTS) is 1. The lowest BCUT2D eigenvalue weighted by atomic mass is 9.46. The fourth-order valence-electron chi connectivity index (χ4n) is 4.99. The highest BCUT2D eigenvalue weighted by molar-refractivity contribution is 5.79. The lowest BCUT2D eigenvalue weighted by Crippen LogP contribution is -2.72. The van der Waals surface area contributed by atoms with E-state index in [1.807, 2.05) is 0 Å². The van der Waals surface area contributed by atoms with Crippen molar-refractivity contribution in [1.82, 2.24) is 10.2 Å². The molecule has 0 aromatic carbocycles. The number of rotatable bonds is 2. The van der Waals surface area contributed by atoms with Crippen molar-refractivity contribution in [1.29, 1.82) is 0 Å². The number of carboxylic acids is 1. The number of hydrogen-bond acceptors (Lipinski definition) is 3. The van der Waals surface area contributed by atoms with Crippen LogP contribution in [0.4, 0.5) is 4.79 Å². The average Bonchev–Trinajstić information content (AvgIpc) is 3.00. The Labute approximate surface area is 130 Å². The van der Waals surface area contributed by atoms with Gasteiger partial charge < -0.3 is 20.1 Å². The number of likely N-dealkylation sites (tertiary alicyclic amines) is 1. The molecule has 0 bridgehead atoms. The molecule has 4 atom stereocenters. The van der Waals surface area contributed by atoms with Crippen LogP contribution in [0.3, 0.4) is 0 Å². The van der Waals surface area contributed by atoms with Gasteiger partial charge in [0.1, 0.15) is 0 Å². The average molecular weight is 308 g/mol. The van der Waals surface area contributed by atoms with E-state index in [1.54, 1.807) is 11.8 Å². The zero-order chi connectivity index (χ0) is 15.5. The summed E-state index contributed by atoms with van der Waals surface area (Å²) in [5.74, 6) is -0.358. The van der Waals surface area contributed by atoms with E-state index < -0.39 is 11.4 Å². The van der Waals surface area contributed by atoms with Crippen LogP contribution in [-0.4, -0.2) is 53.8 Å². The highest BCUT2D eigenvalue weighted by atomic mass is 16.5. The van der Waals surface area contributed by atoms with E-state index in [0.717, 1.165) is 25.9 Å². The van der Waals surface area contributed by atoms with Gasteiger partial charge in [-0.05, 0) is 32.6 Å². The van der Waals surface area contributed by atoms with Crippen molar-refractivity contribution in [3.63, 3.8) is 0 Å². The van der Waals surface area contributed by atoms with Gasteiger partial charge in [0, 0.05) is 37.1 Å². The maximum Gasteiger partial charge on any atom is 0.317 e. The smallest absolute Gasteiger partial charge is 0.317 e. The van der Waals surface area contributed by atoms with Crippen molar-refractivity contribution in [2.45, 2.75) is 51.2 Å². The van der Waals surface area contributed by atoms with E-state index in [2.05, 4.69) is 5.32 Å². The largest absolute Gasteiger partial charge is 0.481 e. The molecule has 4 aliphatic rings. The first-order valence-electron chi connectivity index (χ1n) is 8.37. The van der Waals surface area contributed by atoms with E-state index in [9.17, 15) is 14.7 Å². The molecule has 6 heteroatoms. The lowest BCUT2D eigenvalue weighted by molar-refractivity contribution is -0.172. The summed E-state index contributed by atoms with van der Waals surface area (Å²) >= 11 is 0. The van der Waals surface area contributed by atoms with E-state index in [1.165, 1.54) is 6.42 Å². The number of fused-ring (bicyclic) bond motifs is 2. The van der Waals surface area contributed by atoms with Crippen molar-refractivity contribution in [3.8, 4) is 0 Å². The van der Waals surface area contributed by atoms with Gasteiger partial charge in [0.25, 0.3) is 0 Å². The van der Waals surface area contributed by atoms with Gasteiger partial charge in [0.05, 0.1) is 11.5 Å². The minimum Gasteiger partial charge on any atom is -0.481 e. The van der Waals surface area contributed by atoms with Crippen LogP contribution in [0.2, 0.25) is 0 Å². The van der Waals surface area contributed by atoms with Gasteiger partial charge in [-0.25, -0.2) is 4.79 Å². The Morgan fingerprint density at radius 1 is 1.32 bits per heavy atom. The molecule has 4 unspecified atom stereocenters. The van der Waals surface area contributed by atoms with Crippen LogP contribution in [0, 0.1) is 16.7 Å². The summed E-state index contributed by atoms with van der Waals surface area (Å²) in [5, 5.41) is 12.5. The first-order valence-corrected chi connectivity index (χ1v) is 8.37. The fraction of sp³-hybridized carbons (Fsp3) is 0.875. The number of hydrogen-bond donors (Lipinski definition) is 2. The number of carbonyl (C=O) groups is 2. The predicted octanol–water partition coefficient (Wildman–Crippen LogP) is 1.45. The molecule has 2 heterocycles. The molecule has 2 N–H and O–H groups in total. The molecule has 2 saturated carbocycles. The number of urea groups is 1. The van der Waals surface area contributed by atoms with E-state index in [4.69, 9.17) is 4.74 Å². The first kappa shape index (κ1) is 14.3. The Bertz CT molecular complexity index is 518. The van der Waals surface area contributed by atoms with Crippen LogP contribution in [0.15, 0.2) is 0 Å². The normalized spacial score (nSPS) is 41.7. The molecule has 4 rings (SSSR count). The van der Waals surface area contributed by atoms with Crippen molar-refractivity contribution in [3.05, 3.63) is 0 Å². The molecule has 22 heavy (non-hydrogen) atoms. The molecule has 4 fully saturated rings. The maximum atomic E-state index is 12.6. The molecule has 0 aromatic heterocycles. The summed E-state index contributed by atoms with van der Waals surface area (Å²) in [5.41, 5.74) is -0.628. The molecular weight excluding hydrogens is 284 g/mol. The standard InChI is InChI=1S/C16H24N2O4/c1-15(13(19)20)6-7-18(9-15)14(21)17-11-10-3-8-22-12(10)16(11)4-2-5-16/h10-12H,2-9H2,1H3,(H,17,21)(H,19,20).